The maximum atomic E-state index is 12.6. The van der Waals surface area contributed by atoms with Crippen LogP contribution >= 0.6 is 7.82 Å². The molecule has 0 saturated carbocycles. The molecular formula is C40H76NO8P. The van der Waals surface area contributed by atoms with E-state index in [4.69, 9.17) is 18.5 Å². The summed E-state index contributed by atoms with van der Waals surface area (Å²) in [6.07, 6.45) is 33.6. The molecule has 0 aromatic heterocycles. The third-order valence-corrected chi connectivity index (χ3v) is 9.44. The van der Waals surface area contributed by atoms with Gasteiger partial charge in [-0.25, -0.2) is 0 Å². The summed E-state index contributed by atoms with van der Waals surface area (Å²) in [5.41, 5.74) is 0. The predicted molar refractivity (Wildman–Crippen MR) is 204 cm³/mol. The van der Waals surface area contributed by atoms with Crippen LogP contribution in [0.15, 0.2) is 24.3 Å². The number of phosphoric acid groups is 1. The molecule has 0 spiro atoms. The quantitative estimate of drug-likeness (QED) is 0.0206. The van der Waals surface area contributed by atoms with E-state index in [9.17, 15) is 19.0 Å². The Kier molecular flexibility index (Phi) is 32.3. The zero-order valence-corrected chi connectivity index (χ0v) is 33.7. The van der Waals surface area contributed by atoms with Crippen LogP contribution in [-0.2, 0) is 32.7 Å². The number of nitrogens with zero attached hydrogens (tertiary/aromatic N) is 1. The Hall–Kier alpha value is -1.51. The van der Waals surface area contributed by atoms with Crippen LogP contribution in [0.25, 0.3) is 0 Å². The Balaban J connectivity index is 4.29. The second-order valence-electron chi connectivity index (χ2n) is 14.7. The Morgan fingerprint density at radius 1 is 0.620 bits per heavy atom. The molecule has 0 radical (unpaired) electrons. The minimum absolute atomic E-state index is 0.0304. The van der Waals surface area contributed by atoms with Crippen molar-refractivity contribution < 1.29 is 42.1 Å². The molecule has 2 atom stereocenters. The first-order valence-corrected chi connectivity index (χ1v) is 21.5. The summed E-state index contributed by atoms with van der Waals surface area (Å²) in [7, 11) is 1.16. The van der Waals surface area contributed by atoms with Crippen LogP contribution < -0.4 is 4.89 Å². The molecule has 9 nitrogen and oxygen atoms in total. The topological polar surface area (TPSA) is 111 Å². The number of quaternary nitrogens is 1. The first-order valence-electron chi connectivity index (χ1n) is 20.0. The maximum absolute atomic E-state index is 12.6. The normalized spacial score (nSPS) is 14.0. The van der Waals surface area contributed by atoms with Gasteiger partial charge in [0.25, 0.3) is 7.82 Å². The third-order valence-electron chi connectivity index (χ3n) is 8.47. The van der Waals surface area contributed by atoms with Crippen LogP contribution in [-0.4, -0.2) is 70.0 Å². The van der Waals surface area contributed by atoms with Gasteiger partial charge < -0.3 is 27.9 Å². The number of ether oxygens (including phenoxy) is 2. The lowest BCUT2D eigenvalue weighted by atomic mass is 10.1. The van der Waals surface area contributed by atoms with Crippen molar-refractivity contribution in [3.8, 4) is 0 Å². The van der Waals surface area contributed by atoms with Crippen molar-refractivity contribution in [2.24, 2.45) is 0 Å². The minimum atomic E-state index is -4.61. The summed E-state index contributed by atoms with van der Waals surface area (Å²) in [5, 5.41) is 0. The highest BCUT2D eigenvalue weighted by atomic mass is 31.2. The molecule has 0 bridgehead atoms. The number of hydrogen-bond acceptors (Lipinski definition) is 8. The summed E-state index contributed by atoms with van der Waals surface area (Å²) in [4.78, 5) is 37.2. The fourth-order valence-electron chi connectivity index (χ4n) is 5.27. The Bertz CT molecular complexity index is 918. The Morgan fingerprint density at radius 2 is 1.08 bits per heavy atom. The van der Waals surface area contributed by atoms with Crippen LogP contribution in [0.1, 0.15) is 168 Å². The van der Waals surface area contributed by atoms with Crippen LogP contribution in [0, 0.1) is 0 Å². The maximum Gasteiger partial charge on any atom is 0.306 e. The zero-order valence-electron chi connectivity index (χ0n) is 32.8. The first kappa shape index (κ1) is 48.5. The number of phosphoric ester groups is 1. The molecular weight excluding hydrogens is 653 g/mol. The van der Waals surface area contributed by atoms with Crippen LogP contribution in [0.3, 0.4) is 0 Å². The van der Waals surface area contributed by atoms with E-state index in [1.807, 2.05) is 21.1 Å². The van der Waals surface area contributed by atoms with Gasteiger partial charge in [-0.05, 0) is 44.9 Å². The van der Waals surface area contributed by atoms with Crippen molar-refractivity contribution in [3.63, 3.8) is 0 Å². The molecule has 0 aliphatic carbocycles. The van der Waals surface area contributed by atoms with Crippen molar-refractivity contribution in [1.82, 2.24) is 0 Å². The average Bonchev–Trinajstić information content (AvgIpc) is 3.06. The van der Waals surface area contributed by atoms with Crippen molar-refractivity contribution in [3.05, 3.63) is 24.3 Å². The summed E-state index contributed by atoms with van der Waals surface area (Å²) in [6, 6.07) is 0. The van der Waals surface area contributed by atoms with Gasteiger partial charge in [0.05, 0.1) is 27.7 Å². The molecule has 0 aromatic carbocycles. The number of carbonyl (C=O) groups is 2. The number of esters is 2. The van der Waals surface area contributed by atoms with E-state index >= 15 is 0 Å². The van der Waals surface area contributed by atoms with Gasteiger partial charge in [-0.2, -0.15) is 0 Å². The average molecular weight is 730 g/mol. The van der Waals surface area contributed by atoms with Crippen LogP contribution in [0.4, 0.5) is 0 Å². The molecule has 294 valence electrons. The fourth-order valence-corrected chi connectivity index (χ4v) is 6.00. The highest BCUT2D eigenvalue weighted by molar-refractivity contribution is 7.45. The van der Waals surface area contributed by atoms with Gasteiger partial charge in [-0.1, -0.05) is 134 Å². The molecule has 0 fully saturated rings. The lowest BCUT2D eigenvalue weighted by Crippen LogP contribution is -2.37. The smallest absolute Gasteiger partial charge is 0.306 e. The van der Waals surface area contributed by atoms with Gasteiger partial charge in [0.2, 0.25) is 0 Å². The number of carbonyl (C=O) groups excluding carboxylic acids is 2. The molecule has 0 saturated heterocycles. The van der Waals surface area contributed by atoms with Gasteiger partial charge in [0.1, 0.15) is 19.8 Å². The van der Waals surface area contributed by atoms with E-state index in [2.05, 4.69) is 38.2 Å². The molecule has 0 aromatic rings. The Labute approximate surface area is 307 Å². The molecule has 0 amide bonds. The van der Waals surface area contributed by atoms with E-state index in [1.54, 1.807) is 0 Å². The second kappa shape index (κ2) is 33.3. The highest BCUT2D eigenvalue weighted by Gasteiger charge is 2.21. The molecule has 10 heteroatoms. The van der Waals surface area contributed by atoms with Crippen LogP contribution in [0.5, 0.6) is 0 Å². The zero-order chi connectivity index (χ0) is 37.2. The SMILES string of the molecule is CCCCC/C=C/C/C=C/CCCCCCCCCCCC(=O)O[C@H](COC(=O)CCCCCCCCC)COP(=O)([O-])OCC[N+](C)(C)C. The number of likely N-dealkylation sites (N-methyl/N-ethyl adjacent to an activating group) is 1. The number of allylic oxidation sites excluding steroid dienone is 4. The number of unbranched alkanes of at least 4 members (excludes halogenated alkanes) is 18. The monoisotopic (exact) mass is 730 g/mol. The van der Waals surface area contributed by atoms with E-state index in [1.165, 1.54) is 83.5 Å². The van der Waals surface area contributed by atoms with Gasteiger partial charge in [-0.15, -0.1) is 0 Å². The minimum Gasteiger partial charge on any atom is -0.756 e. The van der Waals surface area contributed by atoms with E-state index in [0.717, 1.165) is 51.4 Å². The third kappa shape index (κ3) is 36.3. The highest BCUT2D eigenvalue weighted by Crippen LogP contribution is 2.38. The molecule has 0 heterocycles. The lowest BCUT2D eigenvalue weighted by molar-refractivity contribution is -0.870. The summed E-state index contributed by atoms with van der Waals surface area (Å²) in [5.74, 6) is -0.845. The molecule has 0 aliphatic rings. The molecule has 50 heavy (non-hydrogen) atoms. The van der Waals surface area contributed by atoms with Crippen molar-refractivity contribution in [2.75, 3.05) is 47.5 Å². The first-order chi connectivity index (χ1) is 24.0. The second-order valence-corrected chi connectivity index (χ2v) is 16.1. The van der Waals surface area contributed by atoms with Gasteiger partial charge in [0.15, 0.2) is 6.10 Å². The van der Waals surface area contributed by atoms with Crippen LogP contribution in [0.2, 0.25) is 0 Å². The van der Waals surface area contributed by atoms with Crippen molar-refractivity contribution >= 4 is 19.8 Å². The van der Waals surface area contributed by atoms with Gasteiger partial charge in [-0.3, -0.25) is 14.2 Å². The predicted octanol–water partition coefficient (Wildman–Crippen LogP) is 10.2. The van der Waals surface area contributed by atoms with Crippen molar-refractivity contribution in [2.45, 2.75) is 174 Å². The summed E-state index contributed by atoms with van der Waals surface area (Å²) >= 11 is 0. The van der Waals surface area contributed by atoms with E-state index in [-0.39, 0.29) is 26.1 Å². The fraction of sp³-hybridized carbons (Fsp3) is 0.850. The van der Waals surface area contributed by atoms with Gasteiger partial charge >= 0.3 is 11.9 Å². The molecule has 0 N–H and O–H groups in total. The number of rotatable bonds is 36. The van der Waals surface area contributed by atoms with Crippen molar-refractivity contribution in [1.29, 1.82) is 0 Å². The molecule has 1 unspecified atom stereocenters. The largest absolute Gasteiger partial charge is 0.756 e. The summed E-state index contributed by atoms with van der Waals surface area (Å²) in [6.45, 7) is 4.14. The molecule has 0 aliphatic heterocycles. The Morgan fingerprint density at radius 3 is 1.62 bits per heavy atom. The van der Waals surface area contributed by atoms with E-state index < -0.39 is 32.5 Å². The summed E-state index contributed by atoms with van der Waals surface area (Å²) < 4.78 is 33.7. The molecule has 0 rings (SSSR count). The lowest BCUT2D eigenvalue weighted by Gasteiger charge is -2.28. The standard InChI is InChI=1S/C40H76NO8P/c1-6-8-10-12-14-15-16-17-18-19-20-21-22-23-24-25-27-29-31-33-40(43)49-38(37-48-50(44,45)47-35-34-41(3,4)5)36-46-39(42)32-30-28-26-13-11-9-7-2/h14-15,17-18,38H,6-13,16,19-37H2,1-5H3/b15-14+,18-17+/t38-/m1/s1. The van der Waals surface area contributed by atoms with E-state index in [0.29, 0.717) is 17.4 Å². The number of hydrogen-bond donors (Lipinski definition) is 0. The van der Waals surface area contributed by atoms with Gasteiger partial charge in [0, 0.05) is 12.8 Å².